The van der Waals surface area contributed by atoms with Gasteiger partial charge in [-0.25, -0.2) is 0 Å². The fraction of sp³-hybridized carbons (Fsp3) is 0.556. The summed E-state index contributed by atoms with van der Waals surface area (Å²) in [6.45, 7) is 5.05. The van der Waals surface area contributed by atoms with E-state index in [2.05, 4.69) is 17.2 Å². The topological polar surface area (TPSA) is 76.4 Å². The van der Waals surface area contributed by atoms with Crippen molar-refractivity contribution in [2.75, 3.05) is 19.8 Å². The van der Waals surface area contributed by atoms with Crippen molar-refractivity contribution in [2.45, 2.75) is 12.0 Å². The smallest absolute Gasteiger partial charge is 0.219 e. The zero-order valence-electron chi connectivity index (χ0n) is 8.41. The van der Waals surface area contributed by atoms with E-state index in [1.54, 1.807) is 6.08 Å². The van der Waals surface area contributed by atoms with Gasteiger partial charge in [-0.05, 0) is 12.2 Å². The zero-order valence-corrected chi connectivity index (χ0v) is 9.23. The maximum atomic E-state index is 10.9. The van der Waals surface area contributed by atoms with E-state index in [0.29, 0.717) is 24.9 Å². The summed E-state index contributed by atoms with van der Waals surface area (Å²) in [6, 6.07) is 0. The SMILES string of the molecule is C=CCNC(=S)NC1(CC(N)=O)COC1. The number of thiocarbonyl (C=S) groups is 1. The molecule has 0 aromatic carbocycles. The van der Waals surface area contributed by atoms with Gasteiger partial charge in [-0.3, -0.25) is 4.79 Å². The summed E-state index contributed by atoms with van der Waals surface area (Å²) in [5, 5.41) is 6.45. The van der Waals surface area contributed by atoms with Gasteiger partial charge >= 0.3 is 0 Å². The van der Waals surface area contributed by atoms with E-state index < -0.39 is 5.54 Å². The number of hydrogen-bond acceptors (Lipinski definition) is 3. The molecule has 1 aliphatic rings. The Bertz CT molecular complexity index is 277. The van der Waals surface area contributed by atoms with Crippen LogP contribution in [-0.2, 0) is 9.53 Å². The molecule has 0 aromatic rings. The first-order valence-corrected chi connectivity index (χ1v) is 5.02. The number of ether oxygens (including phenoxy) is 1. The van der Waals surface area contributed by atoms with Crippen LogP contribution >= 0.6 is 12.2 Å². The Kier molecular flexibility index (Phi) is 4.05. The van der Waals surface area contributed by atoms with Crippen molar-refractivity contribution in [3.63, 3.8) is 0 Å². The van der Waals surface area contributed by atoms with E-state index in [4.69, 9.17) is 22.7 Å². The maximum absolute atomic E-state index is 10.9. The van der Waals surface area contributed by atoms with Crippen LogP contribution < -0.4 is 16.4 Å². The van der Waals surface area contributed by atoms with Gasteiger partial charge in [0, 0.05) is 6.54 Å². The van der Waals surface area contributed by atoms with Crippen LogP contribution in [0.3, 0.4) is 0 Å². The van der Waals surface area contributed by atoms with Crippen LogP contribution in [0.5, 0.6) is 0 Å². The number of primary amides is 1. The Morgan fingerprint density at radius 3 is 2.73 bits per heavy atom. The summed E-state index contributed by atoms with van der Waals surface area (Å²) in [5.74, 6) is -0.364. The van der Waals surface area contributed by atoms with Crippen molar-refractivity contribution in [3.05, 3.63) is 12.7 Å². The van der Waals surface area contributed by atoms with Crippen LogP contribution in [0, 0.1) is 0 Å². The molecule has 0 atom stereocenters. The van der Waals surface area contributed by atoms with Crippen LogP contribution in [0.2, 0.25) is 0 Å². The molecule has 4 N–H and O–H groups in total. The Morgan fingerprint density at radius 1 is 1.67 bits per heavy atom. The van der Waals surface area contributed by atoms with Gasteiger partial charge < -0.3 is 21.1 Å². The summed E-state index contributed by atoms with van der Waals surface area (Å²) in [6.07, 6.45) is 1.93. The molecular formula is C9H15N3O2S. The van der Waals surface area contributed by atoms with Crippen molar-refractivity contribution in [3.8, 4) is 0 Å². The first-order valence-electron chi connectivity index (χ1n) is 4.61. The van der Waals surface area contributed by atoms with Crippen molar-refractivity contribution in [1.29, 1.82) is 0 Å². The monoisotopic (exact) mass is 229 g/mol. The lowest BCUT2D eigenvalue weighted by molar-refractivity contribution is -0.126. The Balaban J connectivity index is 2.42. The fourth-order valence-electron chi connectivity index (χ4n) is 1.35. The number of nitrogens with one attached hydrogen (secondary N) is 2. The number of nitrogens with two attached hydrogens (primary N) is 1. The third-order valence-corrected chi connectivity index (χ3v) is 2.30. The van der Waals surface area contributed by atoms with E-state index >= 15 is 0 Å². The fourth-order valence-corrected chi connectivity index (χ4v) is 1.65. The molecule has 1 saturated heterocycles. The quantitative estimate of drug-likeness (QED) is 0.428. The normalized spacial score (nSPS) is 17.3. The molecule has 0 aliphatic carbocycles. The standard InChI is InChI=1S/C9H15N3O2S/c1-2-3-11-8(15)12-9(4-7(10)13)5-14-6-9/h2H,1,3-6H2,(H2,10,13)(H2,11,12,15). The van der Waals surface area contributed by atoms with Gasteiger partial charge in [-0.15, -0.1) is 6.58 Å². The zero-order chi connectivity index (χ0) is 11.3. The second kappa shape index (κ2) is 5.09. The number of carbonyl (C=O) groups excluding carboxylic acids is 1. The Hall–Kier alpha value is -1.14. The molecular weight excluding hydrogens is 214 g/mol. The van der Waals surface area contributed by atoms with Crippen LogP contribution in [0.4, 0.5) is 0 Å². The minimum absolute atomic E-state index is 0.225. The van der Waals surface area contributed by atoms with Crippen LogP contribution in [0.1, 0.15) is 6.42 Å². The summed E-state index contributed by atoms with van der Waals surface area (Å²) in [7, 11) is 0. The highest BCUT2D eigenvalue weighted by Crippen LogP contribution is 2.20. The number of hydrogen-bond donors (Lipinski definition) is 3. The molecule has 1 amide bonds. The summed E-state index contributed by atoms with van der Waals surface area (Å²) in [5.41, 5.74) is 4.73. The summed E-state index contributed by atoms with van der Waals surface area (Å²) in [4.78, 5) is 10.9. The molecule has 0 saturated carbocycles. The van der Waals surface area contributed by atoms with Gasteiger partial charge in [0.25, 0.3) is 0 Å². The molecule has 1 fully saturated rings. The lowest BCUT2D eigenvalue weighted by Gasteiger charge is -2.42. The minimum atomic E-state index is -0.420. The third kappa shape index (κ3) is 3.49. The first kappa shape index (κ1) is 11.9. The molecule has 1 rings (SSSR count). The number of carbonyl (C=O) groups is 1. The minimum Gasteiger partial charge on any atom is -0.376 e. The molecule has 0 spiro atoms. The molecule has 1 heterocycles. The predicted octanol–water partition coefficient (Wildman–Crippen LogP) is -0.719. The average Bonchev–Trinajstić information content (AvgIpc) is 2.10. The van der Waals surface area contributed by atoms with Crippen LogP contribution in [-0.4, -0.2) is 36.3 Å². The van der Waals surface area contributed by atoms with E-state index in [9.17, 15) is 4.79 Å². The van der Waals surface area contributed by atoms with Crippen molar-refractivity contribution < 1.29 is 9.53 Å². The van der Waals surface area contributed by atoms with Crippen LogP contribution in [0.25, 0.3) is 0 Å². The van der Waals surface area contributed by atoms with E-state index in [1.165, 1.54) is 0 Å². The average molecular weight is 229 g/mol. The molecule has 0 aromatic heterocycles. The largest absolute Gasteiger partial charge is 0.376 e. The highest BCUT2D eigenvalue weighted by Gasteiger charge is 2.40. The second-order valence-electron chi connectivity index (χ2n) is 3.54. The number of rotatable bonds is 5. The molecule has 15 heavy (non-hydrogen) atoms. The molecule has 0 bridgehead atoms. The van der Waals surface area contributed by atoms with Crippen molar-refractivity contribution in [2.24, 2.45) is 5.73 Å². The van der Waals surface area contributed by atoms with Crippen molar-refractivity contribution >= 4 is 23.2 Å². The van der Waals surface area contributed by atoms with E-state index in [0.717, 1.165) is 0 Å². The van der Waals surface area contributed by atoms with E-state index in [1.807, 2.05) is 0 Å². The molecule has 5 nitrogen and oxygen atoms in total. The van der Waals surface area contributed by atoms with Crippen molar-refractivity contribution in [1.82, 2.24) is 10.6 Å². The summed E-state index contributed by atoms with van der Waals surface area (Å²) < 4.78 is 5.07. The van der Waals surface area contributed by atoms with Gasteiger partial charge in [0.15, 0.2) is 5.11 Å². The second-order valence-corrected chi connectivity index (χ2v) is 3.95. The molecule has 0 unspecified atom stereocenters. The molecule has 6 heteroatoms. The van der Waals surface area contributed by atoms with Gasteiger partial charge in [0.05, 0.1) is 25.2 Å². The third-order valence-electron chi connectivity index (χ3n) is 2.05. The van der Waals surface area contributed by atoms with E-state index in [-0.39, 0.29) is 12.3 Å². The lowest BCUT2D eigenvalue weighted by atomic mass is 9.93. The molecule has 1 aliphatic heterocycles. The summed E-state index contributed by atoms with van der Waals surface area (Å²) >= 11 is 5.04. The Morgan fingerprint density at radius 2 is 2.33 bits per heavy atom. The lowest BCUT2D eigenvalue weighted by Crippen LogP contribution is -2.65. The molecule has 0 radical (unpaired) electrons. The predicted molar refractivity (Wildman–Crippen MR) is 61.3 cm³/mol. The number of amides is 1. The first-order chi connectivity index (χ1) is 7.08. The van der Waals surface area contributed by atoms with Crippen LogP contribution in [0.15, 0.2) is 12.7 Å². The highest BCUT2D eigenvalue weighted by molar-refractivity contribution is 7.80. The maximum Gasteiger partial charge on any atom is 0.219 e. The highest BCUT2D eigenvalue weighted by atomic mass is 32.1. The van der Waals surface area contributed by atoms with Gasteiger partial charge in [-0.1, -0.05) is 6.08 Å². The van der Waals surface area contributed by atoms with Gasteiger partial charge in [-0.2, -0.15) is 0 Å². The van der Waals surface area contributed by atoms with Gasteiger partial charge in [0.2, 0.25) is 5.91 Å². The Labute approximate surface area is 94.0 Å². The molecule has 84 valence electrons. The van der Waals surface area contributed by atoms with Gasteiger partial charge in [0.1, 0.15) is 0 Å².